The van der Waals surface area contributed by atoms with E-state index in [2.05, 4.69) is 18.2 Å². The van der Waals surface area contributed by atoms with Crippen molar-refractivity contribution < 1.29 is 13.2 Å². The molecule has 0 aliphatic carbocycles. The molecule has 0 aromatic carbocycles. The number of hydrogen-bond acceptors (Lipinski definition) is 0. The first-order valence-electron chi connectivity index (χ1n) is 2.42. The maximum Gasteiger partial charge on any atom is 0.223 e. The molecule has 0 aromatic rings. The molecule has 10 heavy (non-hydrogen) atoms. The zero-order chi connectivity index (χ0) is 8.57. The molecule has 0 heterocycles. The van der Waals surface area contributed by atoms with E-state index in [1.165, 1.54) is 0 Å². The second-order valence-electron chi connectivity index (χ2n) is 1.21. The first-order valence-corrected chi connectivity index (χ1v) is 2.80. The molecule has 0 unspecified atom stereocenters. The smallest absolute Gasteiger partial charge is 0.223 e. The molecule has 4 heteroatoms. The Morgan fingerprint density at radius 1 is 1.60 bits per heavy atom. The summed E-state index contributed by atoms with van der Waals surface area (Å²) in [6, 6.07) is 0. The standard InChI is InChI=1S/C3H2ClF3.C3H6/c4-3(7)2(6)1-5;1-3-2/h1H2;3H,1H2,2H3. The summed E-state index contributed by atoms with van der Waals surface area (Å²) in [6.07, 6.45) is 1.75. The lowest BCUT2D eigenvalue weighted by Gasteiger charge is -1.80. The van der Waals surface area contributed by atoms with Crippen LogP contribution >= 0.6 is 11.6 Å². The summed E-state index contributed by atoms with van der Waals surface area (Å²) in [5.74, 6) is -1.55. The molecule has 0 atom stereocenters. The molecule has 60 valence electrons. The van der Waals surface area contributed by atoms with Crippen LogP contribution in [0, 0.1) is 0 Å². The summed E-state index contributed by atoms with van der Waals surface area (Å²) >= 11 is 4.33. The Kier molecular flexibility index (Phi) is 10.5. The van der Waals surface area contributed by atoms with E-state index in [4.69, 9.17) is 0 Å². The third-order valence-electron chi connectivity index (χ3n) is 0.322. The van der Waals surface area contributed by atoms with Gasteiger partial charge in [0.25, 0.3) is 0 Å². The van der Waals surface area contributed by atoms with Crippen LogP contribution in [-0.2, 0) is 0 Å². The van der Waals surface area contributed by atoms with Gasteiger partial charge in [-0.25, -0.2) is 8.78 Å². The fourth-order valence-electron chi connectivity index (χ4n) is 0.0505. The Balaban J connectivity index is 0. The van der Waals surface area contributed by atoms with Gasteiger partial charge >= 0.3 is 0 Å². The monoisotopic (exact) mass is 172 g/mol. The SMILES string of the molecule is C=CC.FCC(F)=C(F)Cl. The molecule has 0 aromatic heterocycles. The Labute approximate surface area is 63.0 Å². The van der Waals surface area contributed by atoms with Crippen LogP contribution in [0.3, 0.4) is 0 Å². The van der Waals surface area contributed by atoms with Crippen molar-refractivity contribution in [1.29, 1.82) is 0 Å². The quantitative estimate of drug-likeness (QED) is 0.531. The second-order valence-corrected chi connectivity index (χ2v) is 1.54. The van der Waals surface area contributed by atoms with Gasteiger partial charge in [0.05, 0.1) is 0 Å². The molecule has 0 fully saturated rings. The minimum atomic E-state index is -1.61. The number of rotatable bonds is 1. The van der Waals surface area contributed by atoms with Crippen molar-refractivity contribution in [2.75, 3.05) is 6.67 Å². The third kappa shape index (κ3) is 10.5. The lowest BCUT2D eigenvalue weighted by atomic mass is 10.7. The van der Waals surface area contributed by atoms with E-state index in [9.17, 15) is 13.2 Å². The summed E-state index contributed by atoms with van der Waals surface area (Å²) in [5, 5.41) is -1.61. The summed E-state index contributed by atoms with van der Waals surface area (Å²) < 4.78 is 33.3. The zero-order valence-electron chi connectivity index (χ0n) is 5.50. The summed E-state index contributed by atoms with van der Waals surface area (Å²) in [5.41, 5.74) is 0. The summed E-state index contributed by atoms with van der Waals surface area (Å²) in [4.78, 5) is 0. The number of hydrogen-bond donors (Lipinski definition) is 0. The van der Waals surface area contributed by atoms with Crippen molar-refractivity contribution in [3.05, 3.63) is 23.8 Å². The van der Waals surface area contributed by atoms with Crippen LogP contribution in [0.15, 0.2) is 23.8 Å². The highest BCUT2D eigenvalue weighted by Crippen LogP contribution is 2.11. The molecule has 0 N–H and O–H groups in total. The van der Waals surface area contributed by atoms with E-state index in [-0.39, 0.29) is 0 Å². The van der Waals surface area contributed by atoms with Gasteiger partial charge in [0.1, 0.15) is 6.67 Å². The van der Waals surface area contributed by atoms with E-state index in [0.717, 1.165) is 0 Å². The molecular weight excluding hydrogens is 165 g/mol. The van der Waals surface area contributed by atoms with Gasteiger partial charge in [0.15, 0.2) is 5.83 Å². The van der Waals surface area contributed by atoms with Gasteiger partial charge in [-0.1, -0.05) is 6.08 Å². The normalized spacial score (nSPS) is 10.9. The van der Waals surface area contributed by atoms with Crippen molar-refractivity contribution in [2.45, 2.75) is 6.92 Å². The summed E-state index contributed by atoms with van der Waals surface area (Å²) in [6.45, 7) is 3.77. The number of allylic oxidation sites excluding steroid dienone is 2. The van der Waals surface area contributed by atoms with Crippen molar-refractivity contribution in [3.63, 3.8) is 0 Å². The fraction of sp³-hybridized carbons (Fsp3) is 0.333. The Morgan fingerprint density at radius 3 is 1.90 bits per heavy atom. The van der Waals surface area contributed by atoms with Crippen molar-refractivity contribution >= 4 is 11.6 Å². The van der Waals surface area contributed by atoms with E-state index in [1.54, 1.807) is 6.08 Å². The van der Waals surface area contributed by atoms with Gasteiger partial charge in [0, 0.05) is 0 Å². The lowest BCUT2D eigenvalue weighted by molar-refractivity contribution is 0.439. The second kappa shape index (κ2) is 8.56. The van der Waals surface area contributed by atoms with Gasteiger partial charge < -0.3 is 0 Å². The van der Waals surface area contributed by atoms with Gasteiger partial charge in [-0.15, -0.1) is 6.58 Å². The largest absolute Gasteiger partial charge is 0.243 e. The molecule has 0 nitrogen and oxygen atoms in total. The predicted octanol–water partition coefficient (Wildman–Crippen LogP) is 3.50. The van der Waals surface area contributed by atoms with Gasteiger partial charge in [-0.2, -0.15) is 4.39 Å². The van der Waals surface area contributed by atoms with E-state index in [1.807, 2.05) is 6.92 Å². The van der Waals surface area contributed by atoms with Gasteiger partial charge in [-0.05, 0) is 18.5 Å². The first kappa shape index (κ1) is 12.3. The van der Waals surface area contributed by atoms with Crippen LogP contribution in [0.2, 0.25) is 0 Å². The number of alkyl halides is 1. The highest BCUT2D eigenvalue weighted by molar-refractivity contribution is 6.28. The Bertz CT molecular complexity index is 116. The molecule has 0 spiro atoms. The maximum atomic E-state index is 11.3. The van der Waals surface area contributed by atoms with Crippen LogP contribution in [0.4, 0.5) is 13.2 Å². The minimum absolute atomic E-state index is 1.48. The fourth-order valence-corrected chi connectivity index (χ4v) is 0.101. The van der Waals surface area contributed by atoms with Gasteiger partial charge in [-0.3, -0.25) is 0 Å². The number of halogens is 4. The molecular formula is C6H8ClF3. The van der Waals surface area contributed by atoms with Gasteiger partial charge in [0.2, 0.25) is 5.29 Å². The molecule has 0 saturated carbocycles. The van der Waals surface area contributed by atoms with E-state index >= 15 is 0 Å². The molecule has 0 aliphatic heterocycles. The minimum Gasteiger partial charge on any atom is -0.243 e. The molecule has 0 radical (unpaired) electrons. The molecule has 0 bridgehead atoms. The Hall–Kier alpha value is -0.440. The van der Waals surface area contributed by atoms with Crippen LogP contribution in [0.5, 0.6) is 0 Å². The molecule has 0 saturated heterocycles. The van der Waals surface area contributed by atoms with Crippen molar-refractivity contribution in [3.8, 4) is 0 Å². The molecule has 0 aliphatic rings. The predicted molar refractivity (Wildman–Crippen MR) is 36.9 cm³/mol. The lowest BCUT2D eigenvalue weighted by Crippen LogP contribution is -1.74. The van der Waals surface area contributed by atoms with Crippen LogP contribution in [-0.4, -0.2) is 6.67 Å². The average Bonchev–Trinajstić information content (AvgIpc) is 1.88. The summed E-state index contributed by atoms with van der Waals surface area (Å²) in [7, 11) is 0. The zero-order valence-corrected chi connectivity index (χ0v) is 6.26. The highest BCUT2D eigenvalue weighted by Gasteiger charge is 1.98. The van der Waals surface area contributed by atoms with E-state index in [0.29, 0.717) is 0 Å². The average molecular weight is 173 g/mol. The van der Waals surface area contributed by atoms with Crippen LogP contribution in [0.1, 0.15) is 6.92 Å². The van der Waals surface area contributed by atoms with Crippen LogP contribution < -0.4 is 0 Å². The topological polar surface area (TPSA) is 0 Å². The molecule has 0 amide bonds. The third-order valence-corrected chi connectivity index (χ3v) is 0.527. The highest BCUT2D eigenvalue weighted by atomic mass is 35.5. The van der Waals surface area contributed by atoms with Crippen LogP contribution in [0.25, 0.3) is 0 Å². The Morgan fingerprint density at radius 2 is 1.90 bits per heavy atom. The maximum absolute atomic E-state index is 11.3. The van der Waals surface area contributed by atoms with E-state index < -0.39 is 17.8 Å². The first-order chi connectivity index (χ1) is 4.59. The van der Waals surface area contributed by atoms with Crippen molar-refractivity contribution in [2.24, 2.45) is 0 Å². The van der Waals surface area contributed by atoms with Crippen molar-refractivity contribution in [1.82, 2.24) is 0 Å². The molecule has 0 rings (SSSR count).